The molecule has 0 spiro atoms. The Bertz CT molecular complexity index is 1550. The summed E-state index contributed by atoms with van der Waals surface area (Å²) in [5, 5.41) is 0.962. The molecule has 6 rings (SSSR count). The van der Waals surface area contributed by atoms with Crippen molar-refractivity contribution in [3.8, 4) is 11.4 Å². The van der Waals surface area contributed by atoms with Gasteiger partial charge in [-0.05, 0) is 55.5 Å². The topological polar surface area (TPSA) is 114 Å². The van der Waals surface area contributed by atoms with Crippen LogP contribution in [0.1, 0.15) is 68.6 Å². The molecule has 1 saturated carbocycles. The van der Waals surface area contributed by atoms with E-state index in [0.717, 1.165) is 53.0 Å². The minimum absolute atomic E-state index is 0. The van der Waals surface area contributed by atoms with Crippen molar-refractivity contribution in [1.82, 2.24) is 9.55 Å². The number of rotatable bonds is 5. The Morgan fingerprint density at radius 2 is 1.97 bits per heavy atom. The zero-order valence-corrected chi connectivity index (χ0v) is 24.2. The number of esters is 2. The van der Waals surface area contributed by atoms with E-state index in [2.05, 4.69) is 15.9 Å². The molecule has 10 heteroatoms. The normalized spacial score (nSPS) is 20.8. The summed E-state index contributed by atoms with van der Waals surface area (Å²) in [4.78, 5) is 45.3. The van der Waals surface area contributed by atoms with Crippen LogP contribution in [-0.2, 0) is 37.8 Å². The molecule has 2 aliphatic heterocycles. The smallest absolute Gasteiger partial charge is 0.355 e. The molecule has 3 aliphatic rings. The van der Waals surface area contributed by atoms with E-state index in [1.165, 1.54) is 0 Å². The highest BCUT2D eigenvalue weighted by molar-refractivity contribution is 9.10. The van der Waals surface area contributed by atoms with Gasteiger partial charge in [0.25, 0.3) is 5.56 Å². The monoisotopic (exact) mass is 615 g/mol. The molecule has 206 valence electrons. The quantitative estimate of drug-likeness (QED) is 0.310. The molecule has 3 aromatic rings. The molecule has 39 heavy (non-hydrogen) atoms. The van der Waals surface area contributed by atoms with Crippen molar-refractivity contribution in [2.45, 2.75) is 70.6 Å². The first-order valence-corrected chi connectivity index (χ1v) is 14.0. The predicted octanol–water partition coefficient (Wildman–Crippen LogP) is 5.11. The molecule has 1 atom stereocenters. The molecule has 1 aliphatic carbocycles. The van der Waals surface area contributed by atoms with Gasteiger partial charge in [0, 0.05) is 21.0 Å². The van der Waals surface area contributed by atoms with Gasteiger partial charge in [-0.3, -0.25) is 9.59 Å². The fraction of sp³-hybridized carbons (Fsp3) is 0.448. The summed E-state index contributed by atoms with van der Waals surface area (Å²) in [6.45, 7) is 2.37. The van der Waals surface area contributed by atoms with E-state index < -0.39 is 17.5 Å². The molecule has 8 nitrogen and oxygen atoms in total. The number of nitrogens with zero attached hydrogens (tertiary/aromatic N) is 2. The maximum atomic E-state index is 13.7. The lowest BCUT2D eigenvalue weighted by Crippen LogP contribution is -2.48. The summed E-state index contributed by atoms with van der Waals surface area (Å²) in [6.07, 6.45) is 5.19. The van der Waals surface area contributed by atoms with Crippen LogP contribution in [0.2, 0.25) is 0 Å². The van der Waals surface area contributed by atoms with Gasteiger partial charge < -0.3 is 19.8 Å². The molecule has 0 saturated heterocycles. The van der Waals surface area contributed by atoms with Gasteiger partial charge in [-0.25, -0.2) is 9.78 Å². The number of halogens is 2. The number of benzene rings is 1. The van der Waals surface area contributed by atoms with Gasteiger partial charge in [0.05, 0.1) is 35.4 Å². The third kappa shape index (κ3) is 4.39. The Morgan fingerprint density at radius 3 is 2.69 bits per heavy atom. The number of nitrogens with two attached hydrogens (primary N) is 1. The number of pyridine rings is 2. The molecule has 4 heterocycles. The average molecular weight is 617 g/mol. The number of carbonyl (C=O) groups excluding carboxylic acids is 2. The highest BCUT2D eigenvalue weighted by atomic mass is 79.9. The Labute approximate surface area is 240 Å². The first kappa shape index (κ1) is 27.8. The van der Waals surface area contributed by atoms with Crippen molar-refractivity contribution in [2.24, 2.45) is 11.1 Å². The van der Waals surface area contributed by atoms with Crippen LogP contribution in [0, 0.1) is 5.41 Å². The molecular weight excluding hydrogens is 586 g/mol. The fourth-order valence-electron chi connectivity index (χ4n) is 6.42. The summed E-state index contributed by atoms with van der Waals surface area (Å²) in [5.74, 6) is -1.14. The molecule has 2 aromatic heterocycles. The number of cyclic esters (lactones) is 1. The van der Waals surface area contributed by atoms with E-state index in [9.17, 15) is 14.4 Å². The van der Waals surface area contributed by atoms with E-state index >= 15 is 0 Å². The number of aromatic nitrogens is 2. The lowest BCUT2D eigenvalue weighted by Gasteiger charge is -2.39. The summed E-state index contributed by atoms with van der Waals surface area (Å²) in [7, 11) is 0. The lowest BCUT2D eigenvalue weighted by molar-refractivity contribution is -0.191. The molecule has 0 amide bonds. The summed E-state index contributed by atoms with van der Waals surface area (Å²) < 4.78 is 14.1. The minimum Gasteiger partial charge on any atom is -0.457 e. The van der Waals surface area contributed by atoms with Crippen molar-refractivity contribution >= 4 is 51.2 Å². The standard InChI is InChI=1S/C29H30BrN3O5.ClH/c1-2-29(38-24(34)13-28(16-31)9-4-3-5-10-28)20-12-23-25-17(11-18-21(30)7-6-8-22(18)32-25)14-33(23)26(35)19(20)15-37-27(29)36;/h6-8,11-12H,2-5,9-10,13-16,31H2,1H3;1H/t29-;/m0./s1. The van der Waals surface area contributed by atoms with Gasteiger partial charge in [0.15, 0.2) is 0 Å². The molecule has 0 bridgehead atoms. The first-order valence-electron chi connectivity index (χ1n) is 13.3. The van der Waals surface area contributed by atoms with Crippen molar-refractivity contribution in [3.05, 3.63) is 61.8 Å². The second-order valence-electron chi connectivity index (χ2n) is 10.8. The van der Waals surface area contributed by atoms with Crippen LogP contribution in [0.5, 0.6) is 0 Å². The number of hydrogen-bond acceptors (Lipinski definition) is 7. The van der Waals surface area contributed by atoms with E-state index in [1.54, 1.807) is 17.6 Å². The molecule has 2 N–H and O–H groups in total. The number of hydrogen-bond donors (Lipinski definition) is 1. The van der Waals surface area contributed by atoms with Crippen LogP contribution in [0.3, 0.4) is 0 Å². The molecular formula is C29H31BrClN3O5. The van der Waals surface area contributed by atoms with Crippen molar-refractivity contribution in [1.29, 1.82) is 0 Å². The van der Waals surface area contributed by atoms with Crippen LogP contribution < -0.4 is 11.3 Å². The number of fused-ring (bicyclic) bond motifs is 5. The third-order valence-corrected chi connectivity index (χ3v) is 9.31. The highest BCUT2D eigenvalue weighted by Crippen LogP contribution is 2.43. The van der Waals surface area contributed by atoms with Crippen LogP contribution in [-0.4, -0.2) is 28.0 Å². The molecule has 1 aromatic carbocycles. The van der Waals surface area contributed by atoms with Crippen molar-refractivity contribution < 1.29 is 19.1 Å². The number of ether oxygens (including phenoxy) is 2. The summed E-state index contributed by atoms with van der Waals surface area (Å²) >= 11 is 3.59. The Balaban J connectivity index is 0.00000308. The average Bonchev–Trinajstić information content (AvgIpc) is 3.28. The van der Waals surface area contributed by atoms with Gasteiger partial charge in [-0.15, -0.1) is 12.4 Å². The van der Waals surface area contributed by atoms with Gasteiger partial charge >= 0.3 is 11.9 Å². The van der Waals surface area contributed by atoms with Crippen LogP contribution in [0.4, 0.5) is 0 Å². The summed E-state index contributed by atoms with van der Waals surface area (Å²) in [6, 6.07) is 9.64. The molecule has 0 radical (unpaired) electrons. The van der Waals surface area contributed by atoms with Gasteiger partial charge in [-0.1, -0.05) is 48.2 Å². The van der Waals surface area contributed by atoms with E-state index in [0.29, 0.717) is 35.6 Å². The Kier molecular flexibility index (Phi) is 7.37. The second-order valence-corrected chi connectivity index (χ2v) is 11.6. The van der Waals surface area contributed by atoms with Crippen LogP contribution in [0.15, 0.2) is 39.6 Å². The zero-order valence-electron chi connectivity index (χ0n) is 21.8. The van der Waals surface area contributed by atoms with Gasteiger partial charge in [-0.2, -0.15) is 0 Å². The first-order chi connectivity index (χ1) is 18.3. The van der Waals surface area contributed by atoms with E-state index in [-0.39, 0.29) is 42.8 Å². The fourth-order valence-corrected chi connectivity index (χ4v) is 6.89. The van der Waals surface area contributed by atoms with E-state index in [4.69, 9.17) is 20.2 Å². The van der Waals surface area contributed by atoms with Crippen molar-refractivity contribution in [2.75, 3.05) is 6.54 Å². The predicted molar refractivity (Wildman–Crippen MR) is 153 cm³/mol. The van der Waals surface area contributed by atoms with Crippen LogP contribution in [0.25, 0.3) is 22.3 Å². The second kappa shape index (κ2) is 10.3. The number of carbonyl (C=O) groups is 2. The Morgan fingerprint density at radius 1 is 1.21 bits per heavy atom. The molecule has 1 fully saturated rings. The van der Waals surface area contributed by atoms with Gasteiger partial charge in [0.1, 0.15) is 6.61 Å². The van der Waals surface area contributed by atoms with Crippen molar-refractivity contribution in [3.63, 3.8) is 0 Å². The highest BCUT2D eigenvalue weighted by Gasteiger charge is 2.51. The van der Waals surface area contributed by atoms with Crippen LogP contribution >= 0.6 is 28.3 Å². The largest absolute Gasteiger partial charge is 0.457 e. The Hall–Kier alpha value is -2.75. The minimum atomic E-state index is -1.69. The lowest BCUT2D eigenvalue weighted by atomic mass is 9.72. The summed E-state index contributed by atoms with van der Waals surface area (Å²) in [5.41, 5.74) is 7.60. The third-order valence-electron chi connectivity index (χ3n) is 8.62. The maximum absolute atomic E-state index is 13.7. The van der Waals surface area contributed by atoms with Gasteiger partial charge in [0.2, 0.25) is 5.60 Å². The SMILES string of the molecule is CC[C@@]1(OC(=O)CC2(CN)CCCCC2)C(=O)OCc2c1cc1n(c2=O)Cc2cc3c(Br)cccc3nc2-1.Cl. The molecule has 0 unspecified atom stereocenters. The van der Waals surface area contributed by atoms with E-state index in [1.807, 2.05) is 24.3 Å². The maximum Gasteiger partial charge on any atom is 0.355 e. The zero-order chi connectivity index (χ0) is 26.7.